The first-order chi connectivity index (χ1) is 12.5. The Balaban J connectivity index is 1.54. The minimum Gasteiger partial charge on any atom is -0.486 e. The first-order valence-corrected chi connectivity index (χ1v) is 10.0. The number of aryl methyl sites for hydroxylation is 1. The van der Waals surface area contributed by atoms with Gasteiger partial charge in [-0.25, -0.2) is 18.1 Å². The van der Waals surface area contributed by atoms with E-state index >= 15 is 0 Å². The molecule has 0 radical (unpaired) electrons. The van der Waals surface area contributed by atoms with E-state index in [0.29, 0.717) is 38.4 Å². The predicted molar refractivity (Wildman–Crippen MR) is 92.7 cm³/mol. The minimum atomic E-state index is -3.74. The van der Waals surface area contributed by atoms with Crippen LogP contribution >= 0.6 is 0 Å². The second-order valence-corrected chi connectivity index (χ2v) is 8.09. The number of ether oxygens (including phenoxy) is 3. The third-order valence-corrected chi connectivity index (χ3v) is 6.15. The van der Waals surface area contributed by atoms with Gasteiger partial charge in [0.25, 0.3) is 0 Å². The van der Waals surface area contributed by atoms with Crippen molar-refractivity contribution >= 4 is 10.0 Å². The maximum atomic E-state index is 12.9. The van der Waals surface area contributed by atoms with Crippen LogP contribution in [0.3, 0.4) is 0 Å². The molecule has 140 valence electrons. The largest absolute Gasteiger partial charge is 0.486 e. The van der Waals surface area contributed by atoms with E-state index in [2.05, 4.69) is 9.71 Å². The summed E-state index contributed by atoms with van der Waals surface area (Å²) in [6.45, 7) is 1.23. The Kier molecular flexibility index (Phi) is 4.60. The Hall–Kier alpha value is -2.10. The van der Waals surface area contributed by atoms with Gasteiger partial charge >= 0.3 is 0 Å². The van der Waals surface area contributed by atoms with Gasteiger partial charge in [-0.2, -0.15) is 0 Å². The van der Waals surface area contributed by atoms with Gasteiger partial charge in [-0.1, -0.05) is 6.07 Å². The van der Waals surface area contributed by atoms with Crippen molar-refractivity contribution in [3.63, 3.8) is 0 Å². The van der Waals surface area contributed by atoms with Crippen LogP contribution in [-0.2, 0) is 21.8 Å². The van der Waals surface area contributed by atoms with Gasteiger partial charge in [0.1, 0.15) is 24.2 Å². The molecule has 0 aliphatic carbocycles. The number of hydrogen-bond acceptors (Lipinski definition) is 6. The van der Waals surface area contributed by atoms with Crippen molar-refractivity contribution in [3.8, 4) is 11.5 Å². The molecular weight excluding hydrogens is 358 g/mol. The van der Waals surface area contributed by atoms with Crippen LogP contribution in [0.25, 0.3) is 0 Å². The van der Waals surface area contributed by atoms with Crippen LogP contribution in [0, 0.1) is 0 Å². The Morgan fingerprint density at radius 2 is 2.08 bits per heavy atom. The summed E-state index contributed by atoms with van der Waals surface area (Å²) in [6.07, 6.45) is 4.43. The Bertz CT molecular complexity index is 896. The fourth-order valence-corrected chi connectivity index (χ4v) is 4.77. The number of aromatic nitrogens is 2. The maximum absolute atomic E-state index is 12.9. The van der Waals surface area contributed by atoms with E-state index in [1.807, 2.05) is 11.6 Å². The Labute approximate surface area is 152 Å². The molecule has 1 aromatic heterocycles. The third kappa shape index (κ3) is 3.29. The zero-order valence-corrected chi connectivity index (χ0v) is 15.2. The summed E-state index contributed by atoms with van der Waals surface area (Å²) < 4.78 is 47.4. The molecule has 2 atom stereocenters. The zero-order valence-electron chi connectivity index (χ0n) is 14.4. The van der Waals surface area contributed by atoms with E-state index in [9.17, 15) is 8.42 Å². The van der Waals surface area contributed by atoms with Gasteiger partial charge in [-0.05, 0) is 25.0 Å². The van der Waals surface area contributed by atoms with Gasteiger partial charge < -0.3 is 18.8 Å². The molecule has 1 saturated heterocycles. The topological polar surface area (TPSA) is 91.7 Å². The second kappa shape index (κ2) is 6.90. The van der Waals surface area contributed by atoms with Gasteiger partial charge in [0.05, 0.1) is 18.2 Å². The molecule has 0 bridgehead atoms. The van der Waals surface area contributed by atoms with Gasteiger partial charge in [-0.15, -0.1) is 0 Å². The van der Waals surface area contributed by atoms with Gasteiger partial charge in [0, 0.05) is 19.7 Å². The number of rotatable bonds is 4. The van der Waals surface area contributed by atoms with Gasteiger partial charge in [-0.3, -0.25) is 0 Å². The van der Waals surface area contributed by atoms with Crippen molar-refractivity contribution in [1.82, 2.24) is 14.3 Å². The smallest absolute Gasteiger partial charge is 0.244 e. The Morgan fingerprint density at radius 3 is 2.88 bits per heavy atom. The zero-order chi connectivity index (χ0) is 18.1. The number of benzene rings is 1. The molecule has 9 heteroatoms. The first-order valence-electron chi connectivity index (χ1n) is 8.53. The maximum Gasteiger partial charge on any atom is 0.244 e. The number of nitrogens with zero attached hydrogens (tertiary/aromatic N) is 2. The summed E-state index contributed by atoms with van der Waals surface area (Å²) in [6, 6.07) is 4.67. The second-order valence-electron chi connectivity index (χ2n) is 6.41. The molecule has 2 aliphatic rings. The average Bonchev–Trinajstić information content (AvgIpc) is 3.07. The summed E-state index contributed by atoms with van der Waals surface area (Å²) >= 11 is 0. The van der Waals surface area contributed by atoms with Crippen LogP contribution in [0.4, 0.5) is 0 Å². The molecule has 3 heterocycles. The lowest BCUT2D eigenvalue weighted by atomic mass is 10.0. The highest BCUT2D eigenvalue weighted by Crippen LogP contribution is 2.37. The van der Waals surface area contributed by atoms with E-state index in [-0.39, 0.29) is 22.8 Å². The van der Waals surface area contributed by atoms with Gasteiger partial charge in [0.2, 0.25) is 10.0 Å². The van der Waals surface area contributed by atoms with Crippen LogP contribution in [0.2, 0.25) is 0 Å². The molecule has 0 amide bonds. The molecule has 2 aromatic rings. The summed E-state index contributed by atoms with van der Waals surface area (Å²) in [5, 5.41) is 0. The standard InChI is InChI=1S/C17H21N3O5S/c1-20-11-18-10-13(20)15-9-12(5-6-23-15)19-26(21,22)16-4-2-3-14-17(16)25-8-7-24-14/h2-4,10-12,15,19H,5-9H2,1H3/t12-,15+/m1/s1. The number of imidazole rings is 1. The number of nitrogens with one attached hydrogen (secondary N) is 1. The van der Waals surface area contributed by atoms with E-state index < -0.39 is 10.0 Å². The normalized spacial score (nSPS) is 23.0. The van der Waals surface area contributed by atoms with E-state index in [1.54, 1.807) is 24.7 Å². The monoisotopic (exact) mass is 379 g/mol. The number of fused-ring (bicyclic) bond motifs is 1. The van der Waals surface area contributed by atoms with Gasteiger partial charge in [0.15, 0.2) is 11.5 Å². The van der Waals surface area contributed by atoms with Crippen molar-refractivity contribution in [2.45, 2.75) is 29.9 Å². The van der Waals surface area contributed by atoms with Crippen molar-refractivity contribution in [1.29, 1.82) is 0 Å². The summed E-state index contributed by atoms with van der Waals surface area (Å²) in [5.74, 6) is 0.736. The molecule has 26 heavy (non-hydrogen) atoms. The lowest BCUT2D eigenvalue weighted by Crippen LogP contribution is -2.40. The lowest BCUT2D eigenvalue weighted by Gasteiger charge is -2.30. The minimum absolute atomic E-state index is 0.110. The molecule has 0 spiro atoms. The third-order valence-electron chi connectivity index (χ3n) is 4.61. The average molecular weight is 379 g/mol. The molecule has 1 N–H and O–H groups in total. The summed E-state index contributed by atoms with van der Waals surface area (Å²) in [4.78, 5) is 4.22. The van der Waals surface area contributed by atoms with Crippen LogP contribution in [0.15, 0.2) is 35.6 Å². The molecule has 1 fully saturated rings. The first kappa shape index (κ1) is 17.3. The van der Waals surface area contributed by atoms with Crippen molar-refractivity contribution < 1.29 is 22.6 Å². The molecule has 0 unspecified atom stereocenters. The van der Waals surface area contributed by atoms with Crippen molar-refractivity contribution in [3.05, 3.63) is 36.4 Å². The molecule has 8 nitrogen and oxygen atoms in total. The Morgan fingerprint density at radius 1 is 1.23 bits per heavy atom. The number of sulfonamides is 1. The summed E-state index contributed by atoms with van der Waals surface area (Å²) in [5.41, 5.74) is 0.933. The van der Waals surface area contributed by atoms with Crippen LogP contribution in [-0.4, -0.2) is 43.8 Å². The molecular formula is C17H21N3O5S. The lowest BCUT2D eigenvalue weighted by molar-refractivity contribution is -0.0000529. The molecule has 1 aromatic carbocycles. The van der Waals surface area contributed by atoms with Crippen molar-refractivity contribution in [2.75, 3.05) is 19.8 Å². The summed E-state index contributed by atoms with van der Waals surface area (Å²) in [7, 11) is -1.84. The van der Waals surface area contributed by atoms with Crippen LogP contribution in [0.1, 0.15) is 24.6 Å². The van der Waals surface area contributed by atoms with E-state index in [1.165, 1.54) is 6.07 Å². The number of hydrogen-bond donors (Lipinski definition) is 1. The highest BCUT2D eigenvalue weighted by molar-refractivity contribution is 7.89. The number of para-hydroxylation sites is 1. The van der Waals surface area contributed by atoms with Crippen molar-refractivity contribution in [2.24, 2.45) is 7.05 Å². The fourth-order valence-electron chi connectivity index (χ4n) is 3.33. The van der Waals surface area contributed by atoms with E-state index in [0.717, 1.165) is 5.69 Å². The quantitative estimate of drug-likeness (QED) is 0.863. The highest BCUT2D eigenvalue weighted by atomic mass is 32.2. The molecule has 0 saturated carbocycles. The van der Waals surface area contributed by atoms with Crippen LogP contribution in [0.5, 0.6) is 11.5 Å². The highest BCUT2D eigenvalue weighted by Gasteiger charge is 2.31. The predicted octanol–water partition coefficient (Wildman–Crippen LogP) is 1.39. The molecule has 2 aliphatic heterocycles. The van der Waals surface area contributed by atoms with Crippen LogP contribution < -0.4 is 14.2 Å². The fraction of sp³-hybridized carbons (Fsp3) is 0.471. The SMILES string of the molecule is Cn1cncc1[C@@H]1C[C@H](NS(=O)(=O)c2cccc3c2OCCO3)CCO1. The van der Waals surface area contributed by atoms with E-state index in [4.69, 9.17) is 14.2 Å². The molecule has 4 rings (SSSR count).